The van der Waals surface area contributed by atoms with Crippen LogP contribution in [0.3, 0.4) is 0 Å². The molecule has 3 heteroatoms. The van der Waals surface area contributed by atoms with Gasteiger partial charge in [0.05, 0.1) is 10.4 Å². The van der Waals surface area contributed by atoms with Crippen molar-refractivity contribution >= 4 is 22.9 Å². The van der Waals surface area contributed by atoms with Crippen LogP contribution in [-0.2, 0) is 6.42 Å². The summed E-state index contributed by atoms with van der Waals surface area (Å²) in [6, 6.07) is 13.2. The first kappa shape index (κ1) is 15.6. The lowest BCUT2D eigenvalue weighted by atomic mass is 9.97. The zero-order valence-corrected chi connectivity index (χ0v) is 13.9. The van der Waals surface area contributed by atoms with Gasteiger partial charge in [0.1, 0.15) is 0 Å². The van der Waals surface area contributed by atoms with Gasteiger partial charge in [0, 0.05) is 4.88 Å². The summed E-state index contributed by atoms with van der Waals surface area (Å²) in [5, 5.41) is 3.56. The van der Waals surface area contributed by atoms with E-state index in [1.807, 2.05) is 6.07 Å². The first-order valence-electron chi connectivity index (χ1n) is 7.17. The Balaban J connectivity index is 2.29. The molecule has 1 nitrogen and oxygen atoms in total. The van der Waals surface area contributed by atoms with E-state index in [4.69, 9.17) is 11.6 Å². The minimum absolute atomic E-state index is 0.240. The van der Waals surface area contributed by atoms with Gasteiger partial charge in [0.15, 0.2) is 0 Å². The van der Waals surface area contributed by atoms with Crippen molar-refractivity contribution in [3.05, 3.63) is 56.7 Å². The molecule has 1 unspecified atom stereocenters. The van der Waals surface area contributed by atoms with Crippen LogP contribution in [0.25, 0.3) is 0 Å². The average molecular weight is 308 g/mol. The Bertz CT molecular complexity index is 547. The van der Waals surface area contributed by atoms with Gasteiger partial charge in [-0.25, -0.2) is 0 Å². The molecule has 0 aliphatic rings. The van der Waals surface area contributed by atoms with E-state index in [-0.39, 0.29) is 6.04 Å². The van der Waals surface area contributed by atoms with Crippen molar-refractivity contribution in [2.24, 2.45) is 5.92 Å². The van der Waals surface area contributed by atoms with Crippen LogP contribution in [-0.4, -0.2) is 6.54 Å². The lowest BCUT2D eigenvalue weighted by molar-refractivity contribution is 0.630. The highest BCUT2D eigenvalue weighted by Crippen LogP contribution is 2.31. The molecule has 0 saturated heterocycles. The lowest BCUT2D eigenvalue weighted by Gasteiger charge is -2.18. The molecule has 0 spiro atoms. The number of hydrogen-bond acceptors (Lipinski definition) is 2. The summed E-state index contributed by atoms with van der Waals surface area (Å²) in [4.78, 5) is 1.28. The molecule has 2 rings (SSSR count). The van der Waals surface area contributed by atoms with Gasteiger partial charge in [-0.1, -0.05) is 56.6 Å². The highest BCUT2D eigenvalue weighted by molar-refractivity contribution is 7.16. The summed E-state index contributed by atoms with van der Waals surface area (Å²) in [5.41, 5.74) is 2.73. The third kappa shape index (κ3) is 4.08. The molecule has 1 atom stereocenters. The van der Waals surface area contributed by atoms with Crippen LogP contribution in [0.5, 0.6) is 0 Å². The van der Waals surface area contributed by atoms with E-state index in [0.29, 0.717) is 5.92 Å². The molecule has 108 valence electrons. The van der Waals surface area contributed by atoms with E-state index in [1.54, 1.807) is 11.3 Å². The fraction of sp³-hybridized carbons (Fsp3) is 0.412. The average Bonchev–Trinajstić information content (AvgIpc) is 2.82. The highest BCUT2D eigenvalue weighted by atomic mass is 35.5. The molecule has 2 aromatic rings. The zero-order chi connectivity index (χ0) is 14.5. The minimum atomic E-state index is 0.240. The molecule has 0 amide bonds. The molecule has 0 fully saturated rings. The highest BCUT2D eigenvalue weighted by Gasteiger charge is 2.15. The van der Waals surface area contributed by atoms with E-state index < -0.39 is 0 Å². The monoisotopic (exact) mass is 307 g/mol. The van der Waals surface area contributed by atoms with Crippen LogP contribution < -0.4 is 5.32 Å². The number of halogens is 1. The topological polar surface area (TPSA) is 12.0 Å². The molecule has 1 heterocycles. The maximum atomic E-state index is 6.08. The molecule has 0 radical (unpaired) electrons. The van der Waals surface area contributed by atoms with Gasteiger partial charge in [-0.2, -0.15) is 0 Å². The summed E-state index contributed by atoms with van der Waals surface area (Å²) in [6.07, 6.45) is 1.12. The summed E-state index contributed by atoms with van der Waals surface area (Å²) < 4.78 is 0.848. The van der Waals surface area contributed by atoms with E-state index in [9.17, 15) is 0 Å². The van der Waals surface area contributed by atoms with Gasteiger partial charge in [0.2, 0.25) is 0 Å². The number of rotatable bonds is 6. The van der Waals surface area contributed by atoms with E-state index in [2.05, 4.69) is 56.4 Å². The van der Waals surface area contributed by atoms with Crippen LogP contribution in [0, 0.1) is 5.92 Å². The summed E-state index contributed by atoms with van der Waals surface area (Å²) in [7, 11) is 0. The van der Waals surface area contributed by atoms with Crippen LogP contribution in [0.4, 0.5) is 0 Å². The van der Waals surface area contributed by atoms with E-state index in [1.165, 1.54) is 16.0 Å². The van der Waals surface area contributed by atoms with Gasteiger partial charge in [-0.05, 0) is 42.1 Å². The Morgan fingerprint density at radius 3 is 2.60 bits per heavy atom. The van der Waals surface area contributed by atoms with Crippen LogP contribution in [0.15, 0.2) is 36.4 Å². The van der Waals surface area contributed by atoms with Crippen molar-refractivity contribution < 1.29 is 0 Å². The van der Waals surface area contributed by atoms with Crippen molar-refractivity contribution in [1.29, 1.82) is 0 Å². The second-order valence-corrected chi connectivity index (χ2v) is 7.22. The zero-order valence-electron chi connectivity index (χ0n) is 12.3. The number of nitrogens with one attached hydrogen (secondary N) is 1. The quantitative estimate of drug-likeness (QED) is 0.763. The molecule has 1 aromatic carbocycles. The second kappa shape index (κ2) is 7.26. The molecule has 0 saturated carbocycles. The Morgan fingerprint density at radius 2 is 2.00 bits per heavy atom. The van der Waals surface area contributed by atoms with Gasteiger partial charge in [-0.15, -0.1) is 11.3 Å². The van der Waals surface area contributed by atoms with Gasteiger partial charge < -0.3 is 5.32 Å². The first-order valence-corrected chi connectivity index (χ1v) is 8.37. The van der Waals surface area contributed by atoms with Crippen molar-refractivity contribution in [3.63, 3.8) is 0 Å². The van der Waals surface area contributed by atoms with E-state index in [0.717, 1.165) is 17.3 Å². The Hall–Kier alpha value is -0.830. The normalized spacial score (nSPS) is 12.8. The molecule has 0 aliphatic carbocycles. The van der Waals surface area contributed by atoms with Crippen LogP contribution in [0.1, 0.15) is 42.8 Å². The third-order valence-electron chi connectivity index (χ3n) is 3.22. The Morgan fingerprint density at radius 1 is 1.20 bits per heavy atom. The second-order valence-electron chi connectivity index (χ2n) is 5.48. The molecule has 0 bridgehead atoms. The van der Waals surface area contributed by atoms with Crippen molar-refractivity contribution in [2.75, 3.05) is 6.54 Å². The smallest absolute Gasteiger partial charge is 0.0931 e. The number of thiophene rings is 1. The molecule has 0 aliphatic heterocycles. The molecule has 1 aromatic heterocycles. The summed E-state index contributed by atoms with van der Waals surface area (Å²) >= 11 is 7.74. The maximum Gasteiger partial charge on any atom is 0.0931 e. The fourth-order valence-electron chi connectivity index (χ4n) is 2.44. The maximum absolute atomic E-state index is 6.08. The largest absolute Gasteiger partial charge is 0.306 e. The van der Waals surface area contributed by atoms with Gasteiger partial charge in [-0.3, -0.25) is 0 Å². The van der Waals surface area contributed by atoms with Gasteiger partial charge in [0.25, 0.3) is 0 Å². The first-order chi connectivity index (χ1) is 9.60. The predicted molar refractivity (Wildman–Crippen MR) is 89.8 cm³/mol. The molecular formula is C17H22ClNS. The predicted octanol–water partition coefficient (Wildman–Crippen LogP) is 5.30. The minimum Gasteiger partial charge on any atom is -0.306 e. The Kier molecular flexibility index (Phi) is 5.64. The number of benzene rings is 1. The van der Waals surface area contributed by atoms with Crippen molar-refractivity contribution in [2.45, 2.75) is 33.2 Å². The van der Waals surface area contributed by atoms with Crippen LogP contribution >= 0.6 is 22.9 Å². The standard InChI is InChI=1S/C17H22ClNS/c1-4-19-17(15-8-9-16(18)20-15)14-7-5-6-13(11-14)10-12(2)3/h5-9,11-12,17,19H,4,10H2,1-3H3. The van der Waals surface area contributed by atoms with Crippen molar-refractivity contribution in [3.8, 4) is 0 Å². The summed E-state index contributed by atoms with van der Waals surface area (Å²) in [5.74, 6) is 0.680. The molecular weight excluding hydrogens is 286 g/mol. The van der Waals surface area contributed by atoms with E-state index >= 15 is 0 Å². The third-order valence-corrected chi connectivity index (χ3v) is 4.51. The van der Waals surface area contributed by atoms with Gasteiger partial charge >= 0.3 is 0 Å². The van der Waals surface area contributed by atoms with Crippen molar-refractivity contribution in [1.82, 2.24) is 5.32 Å². The molecule has 20 heavy (non-hydrogen) atoms. The van der Waals surface area contributed by atoms with Crippen LogP contribution in [0.2, 0.25) is 4.34 Å². The lowest BCUT2D eigenvalue weighted by Crippen LogP contribution is -2.21. The number of hydrogen-bond donors (Lipinski definition) is 1. The molecule has 1 N–H and O–H groups in total. The summed E-state index contributed by atoms with van der Waals surface area (Å²) in [6.45, 7) is 7.59. The fourth-order valence-corrected chi connectivity index (χ4v) is 3.61. The SMILES string of the molecule is CCNC(c1cccc(CC(C)C)c1)c1ccc(Cl)s1. The Labute approximate surface area is 131 Å².